The van der Waals surface area contributed by atoms with Gasteiger partial charge in [-0.1, -0.05) is 11.8 Å². The summed E-state index contributed by atoms with van der Waals surface area (Å²) in [5, 5.41) is 30.2. The molecule has 0 unspecified atom stereocenters. The Kier molecular flexibility index (Phi) is 10.4. The van der Waals surface area contributed by atoms with Crippen molar-refractivity contribution >= 4 is 40.6 Å². The van der Waals surface area contributed by atoms with Gasteiger partial charge < -0.3 is 31.7 Å². The maximum Gasteiger partial charge on any atom is 0.362 e. The van der Waals surface area contributed by atoms with Crippen LogP contribution in [0.25, 0.3) is 0 Å². The Bertz CT molecular complexity index is 525. The second-order valence-electron chi connectivity index (χ2n) is 5.11. The molecule has 0 spiro atoms. The van der Waals surface area contributed by atoms with Crippen LogP contribution in [0, 0.1) is 0 Å². The van der Waals surface area contributed by atoms with Crippen LogP contribution in [0.5, 0.6) is 0 Å². The van der Waals surface area contributed by atoms with Crippen molar-refractivity contribution in [2.45, 2.75) is 38.0 Å². The summed E-state index contributed by atoms with van der Waals surface area (Å²) >= 11 is 0.608. The molecule has 142 valence electrons. The van der Waals surface area contributed by atoms with Crippen molar-refractivity contribution in [1.29, 1.82) is 0 Å². The summed E-state index contributed by atoms with van der Waals surface area (Å²) in [6.45, 7) is 0.577. The number of aliphatic hydroxyl groups excluding tert-OH is 1. The summed E-state index contributed by atoms with van der Waals surface area (Å²) in [6.07, 6.45) is -1.52. The zero-order valence-corrected chi connectivity index (χ0v) is 14.4. The lowest BCUT2D eigenvalue weighted by atomic mass is 10.1. The summed E-state index contributed by atoms with van der Waals surface area (Å²) in [4.78, 5) is 56.3. The number of carbonyl (C=O) groups is 5. The van der Waals surface area contributed by atoms with E-state index in [1.165, 1.54) is 6.92 Å². The predicted molar refractivity (Wildman–Crippen MR) is 85.3 cm³/mol. The van der Waals surface area contributed by atoms with Gasteiger partial charge in [0.05, 0.1) is 0 Å². The van der Waals surface area contributed by atoms with Gasteiger partial charge >= 0.3 is 11.9 Å². The van der Waals surface area contributed by atoms with Gasteiger partial charge in [-0.3, -0.25) is 19.2 Å². The first-order chi connectivity index (χ1) is 11.5. The maximum atomic E-state index is 11.9. The second-order valence-corrected chi connectivity index (χ2v) is 6.14. The average molecular weight is 380 g/mol. The molecule has 0 aromatic carbocycles. The second kappa shape index (κ2) is 11.4. The van der Waals surface area contributed by atoms with Gasteiger partial charge in [-0.05, 0) is 6.92 Å². The lowest BCUT2D eigenvalue weighted by molar-refractivity contribution is -0.408. The predicted octanol–water partition coefficient (Wildman–Crippen LogP) is -3.21. The van der Waals surface area contributed by atoms with Crippen LogP contribution in [-0.4, -0.2) is 74.7 Å². The molecule has 3 atom stereocenters. The number of carbonyl (C=O) groups excluding carboxylic acids is 3. The summed E-state index contributed by atoms with van der Waals surface area (Å²) in [7, 11) is 0. The van der Waals surface area contributed by atoms with E-state index in [4.69, 9.17) is 15.3 Å². The van der Waals surface area contributed by atoms with Crippen LogP contribution < -0.4 is 16.4 Å². The molecule has 0 saturated carbocycles. The highest BCUT2D eigenvalue weighted by atomic mass is 32.2. The number of rotatable bonds is 11. The third-order valence-electron chi connectivity index (χ3n) is 2.87. The number of quaternary nitrogens is 1. The molecule has 0 radical (unpaired) electrons. The van der Waals surface area contributed by atoms with Crippen molar-refractivity contribution in [2.24, 2.45) is 0 Å². The number of nitrogens with one attached hydrogen (secondary N) is 2. The fourth-order valence-electron chi connectivity index (χ4n) is 1.45. The van der Waals surface area contributed by atoms with Crippen molar-refractivity contribution < 1.29 is 45.0 Å². The normalized spacial score (nSPS) is 14.0. The lowest BCUT2D eigenvalue weighted by Crippen LogP contribution is -2.65. The van der Waals surface area contributed by atoms with Crippen molar-refractivity contribution in [3.05, 3.63) is 0 Å². The van der Waals surface area contributed by atoms with E-state index in [-0.39, 0.29) is 18.6 Å². The summed E-state index contributed by atoms with van der Waals surface area (Å²) in [5.74, 6) is -4.12. The Balaban J connectivity index is 4.72. The molecule has 0 aromatic heterocycles. The fourth-order valence-corrected chi connectivity index (χ4v) is 2.26. The monoisotopic (exact) mass is 380 g/mol. The molecule has 0 aliphatic rings. The molecule has 8 N–H and O–H groups in total. The minimum absolute atomic E-state index is 0.0512. The first kappa shape index (κ1) is 22.8. The Morgan fingerprint density at radius 3 is 2.24 bits per heavy atom. The quantitative estimate of drug-likeness (QED) is 0.213. The molecule has 0 heterocycles. The lowest BCUT2D eigenvalue weighted by Gasteiger charge is -2.18. The van der Waals surface area contributed by atoms with E-state index in [0.29, 0.717) is 11.8 Å². The minimum Gasteiger partial charge on any atom is -0.480 e. The van der Waals surface area contributed by atoms with Gasteiger partial charge in [-0.2, -0.15) is 0 Å². The molecular formula is C13H22N3O8S+. The van der Waals surface area contributed by atoms with E-state index in [0.717, 1.165) is 0 Å². The third-order valence-corrected chi connectivity index (χ3v) is 3.99. The van der Waals surface area contributed by atoms with Crippen molar-refractivity contribution in [3.63, 3.8) is 0 Å². The number of aliphatic carboxylic acids is 2. The molecule has 0 aromatic rings. The van der Waals surface area contributed by atoms with E-state index in [9.17, 15) is 24.0 Å². The molecule has 0 fully saturated rings. The molecular weight excluding hydrogens is 358 g/mol. The van der Waals surface area contributed by atoms with E-state index in [1.54, 1.807) is 0 Å². The van der Waals surface area contributed by atoms with E-state index < -0.39 is 53.6 Å². The smallest absolute Gasteiger partial charge is 0.362 e. The van der Waals surface area contributed by atoms with Crippen molar-refractivity contribution in [1.82, 2.24) is 10.6 Å². The summed E-state index contributed by atoms with van der Waals surface area (Å²) < 4.78 is 0. The molecule has 12 heteroatoms. The highest BCUT2D eigenvalue weighted by Crippen LogP contribution is 2.08. The topological polar surface area (TPSA) is 198 Å². The Labute approximate surface area is 147 Å². The highest BCUT2D eigenvalue weighted by Gasteiger charge is 2.25. The number of hydrogen-bond donors (Lipinski definition) is 6. The van der Waals surface area contributed by atoms with Gasteiger partial charge in [0.2, 0.25) is 16.9 Å². The van der Waals surface area contributed by atoms with Gasteiger partial charge in [0.25, 0.3) is 0 Å². The first-order valence-corrected chi connectivity index (χ1v) is 8.22. The minimum atomic E-state index is -1.28. The Hall–Kier alpha value is -2.18. The van der Waals surface area contributed by atoms with E-state index >= 15 is 0 Å². The summed E-state index contributed by atoms with van der Waals surface area (Å²) in [5.41, 5.74) is 3.35. The number of thioether (sulfide) groups is 1. The zero-order valence-electron chi connectivity index (χ0n) is 13.6. The van der Waals surface area contributed by atoms with Gasteiger partial charge in [-0.25, -0.2) is 4.79 Å². The largest absolute Gasteiger partial charge is 0.480 e. The van der Waals surface area contributed by atoms with Crippen LogP contribution >= 0.6 is 11.8 Å². The number of amides is 2. The number of hydrogen-bond acceptors (Lipinski definition) is 7. The summed E-state index contributed by atoms with van der Waals surface area (Å²) in [6, 6.07) is -2.20. The molecule has 2 amide bonds. The van der Waals surface area contributed by atoms with Crippen LogP contribution in [0.1, 0.15) is 19.8 Å². The first-order valence-electron chi connectivity index (χ1n) is 7.24. The van der Waals surface area contributed by atoms with Gasteiger partial charge in [0, 0.05) is 18.6 Å². The van der Waals surface area contributed by atoms with Crippen LogP contribution in [0.2, 0.25) is 0 Å². The zero-order chi connectivity index (χ0) is 19.6. The molecule has 0 aliphatic carbocycles. The van der Waals surface area contributed by atoms with Crippen LogP contribution in [-0.2, 0) is 24.0 Å². The average Bonchev–Trinajstić information content (AvgIpc) is 2.53. The van der Waals surface area contributed by atoms with Crippen LogP contribution in [0.3, 0.4) is 0 Å². The van der Waals surface area contributed by atoms with Crippen molar-refractivity contribution in [2.75, 3.05) is 12.3 Å². The van der Waals surface area contributed by atoms with Gasteiger partial charge in [0.15, 0.2) is 6.04 Å². The number of aliphatic hydroxyl groups is 1. The van der Waals surface area contributed by atoms with E-state index in [2.05, 4.69) is 16.4 Å². The SMILES string of the molecule is C[C@@H](O)C(=O)SC[C@H](NC(=O)CC[C@H]([NH3+])C(=O)O)C(=O)NCC(=O)O. The van der Waals surface area contributed by atoms with E-state index in [1.807, 2.05) is 0 Å². The van der Waals surface area contributed by atoms with Crippen LogP contribution in [0.15, 0.2) is 0 Å². The maximum absolute atomic E-state index is 11.9. The Morgan fingerprint density at radius 1 is 1.16 bits per heavy atom. The van der Waals surface area contributed by atoms with Gasteiger partial charge in [-0.15, -0.1) is 0 Å². The number of carboxylic acid groups (broad SMARTS) is 2. The third kappa shape index (κ3) is 10.3. The standard InChI is InChI=1S/C13H21N3O8S/c1-6(17)13(24)25-5-8(11(21)15-4-10(19)20)16-9(18)3-2-7(14)12(22)23/h6-8,17H,2-5,14H2,1H3,(H,15,21)(H,16,18)(H,19,20)(H,22,23)/p+1/t6-,7+,8+/m1/s1. The molecule has 0 bridgehead atoms. The Morgan fingerprint density at radius 2 is 1.76 bits per heavy atom. The van der Waals surface area contributed by atoms with Gasteiger partial charge in [0.1, 0.15) is 18.7 Å². The van der Waals surface area contributed by atoms with Crippen LogP contribution in [0.4, 0.5) is 0 Å². The molecule has 0 saturated heterocycles. The molecule has 25 heavy (non-hydrogen) atoms. The fraction of sp³-hybridized carbons (Fsp3) is 0.615. The number of carboxylic acids is 2. The highest BCUT2D eigenvalue weighted by molar-refractivity contribution is 8.13. The molecule has 0 rings (SSSR count). The molecule has 11 nitrogen and oxygen atoms in total. The van der Waals surface area contributed by atoms with Crippen molar-refractivity contribution in [3.8, 4) is 0 Å². The molecule has 0 aliphatic heterocycles.